The van der Waals surface area contributed by atoms with E-state index in [-0.39, 0.29) is 25.7 Å². The van der Waals surface area contributed by atoms with Crippen LogP contribution in [-0.4, -0.2) is 25.1 Å². The largest absolute Gasteiger partial charge is 0.459 e. The topological polar surface area (TPSA) is 64.6 Å². The van der Waals surface area contributed by atoms with Crippen LogP contribution in [0.15, 0.2) is 54.6 Å². The van der Waals surface area contributed by atoms with Gasteiger partial charge in [-0.25, -0.2) is 4.79 Å². The highest BCUT2D eigenvalue weighted by molar-refractivity contribution is 5.91. The van der Waals surface area contributed by atoms with Gasteiger partial charge in [0, 0.05) is 5.69 Å². The first-order valence-corrected chi connectivity index (χ1v) is 7.27. The zero-order valence-electron chi connectivity index (χ0n) is 13.0. The smallest absolute Gasteiger partial charge is 0.332 e. The van der Waals surface area contributed by atoms with Crippen molar-refractivity contribution in [3.05, 3.63) is 65.7 Å². The van der Waals surface area contributed by atoms with E-state index in [2.05, 4.69) is 5.32 Å². The fourth-order valence-electron chi connectivity index (χ4n) is 1.93. The van der Waals surface area contributed by atoms with Gasteiger partial charge in [0.05, 0.1) is 0 Å². The summed E-state index contributed by atoms with van der Waals surface area (Å²) >= 11 is 0. The molecule has 0 radical (unpaired) electrons. The van der Waals surface area contributed by atoms with Crippen LogP contribution in [0.2, 0.25) is 0 Å². The van der Waals surface area contributed by atoms with Crippen molar-refractivity contribution < 1.29 is 19.1 Å². The molecule has 0 bridgehead atoms. The Morgan fingerprint density at radius 3 is 2.52 bits per heavy atom. The number of anilines is 1. The van der Waals surface area contributed by atoms with Crippen molar-refractivity contribution in [2.75, 3.05) is 18.5 Å². The first-order valence-electron chi connectivity index (χ1n) is 7.27. The van der Waals surface area contributed by atoms with E-state index in [0.717, 1.165) is 11.1 Å². The van der Waals surface area contributed by atoms with Gasteiger partial charge in [-0.2, -0.15) is 0 Å². The quantitative estimate of drug-likeness (QED) is 0.798. The number of ether oxygens (including phenoxy) is 2. The number of esters is 1. The predicted molar refractivity (Wildman–Crippen MR) is 86.9 cm³/mol. The fraction of sp³-hybridized carbons (Fsp3) is 0.222. The van der Waals surface area contributed by atoms with Crippen molar-refractivity contribution in [2.45, 2.75) is 13.5 Å². The van der Waals surface area contributed by atoms with Gasteiger partial charge in [0.15, 0.2) is 0 Å². The van der Waals surface area contributed by atoms with Gasteiger partial charge in [0.25, 0.3) is 0 Å². The molecule has 5 heteroatoms. The minimum Gasteiger partial charge on any atom is -0.459 e. The number of rotatable bonds is 7. The monoisotopic (exact) mass is 313 g/mol. The van der Waals surface area contributed by atoms with Gasteiger partial charge >= 0.3 is 5.97 Å². The van der Waals surface area contributed by atoms with Crippen LogP contribution >= 0.6 is 0 Å². The maximum absolute atomic E-state index is 11.7. The molecule has 23 heavy (non-hydrogen) atoms. The number of hydrogen-bond donors (Lipinski definition) is 1. The zero-order chi connectivity index (χ0) is 16.5. The van der Waals surface area contributed by atoms with Crippen LogP contribution in [0.3, 0.4) is 0 Å². The SMILES string of the molecule is Cc1cccc(NC(=O)COCC(=O)OCc2ccccc2)c1. The molecule has 1 N–H and O–H groups in total. The molecule has 0 spiro atoms. The van der Waals surface area contributed by atoms with Crippen molar-refractivity contribution in [1.29, 1.82) is 0 Å². The second-order valence-corrected chi connectivity index (χ2v) is 5.06. The van der Waals surface area contributed by atoms with Crippen LogP contribution in [0.4, 0.5) is 5.69 Å². The maximum Gasteiger partial charge on any atom is 0.332 e. The lowest BCUT2D eigenvalue weighted by Crippen LogP contribution is -2.21. The van der Waals surface area contributed by atoms with E-state index in [1.165, 1.54) is 0 Å². The van der Waals surface area contributed by atoms with E-state index in [4.69, 9.17) is 9.47 Å². The van der Waals surface area contributed by atoms with Crippen LogP contribution < -0.4 is 5.32 Å². The average Bonchev–Trinajstić information content (AvgIpc) is 2.54. The molecule has 0 heterocycles. The second-order valence-electron chi connectivity index (χ2n) is 5.06. The van der Waals surface area contributed by atoms with E-state index < -0.39 is 5.97 Å². The van der Waals surface area contributed by atoms with Crippen LogP contribution in [0.25, 0.3) is 0 Å². The standard InChI is InChI=1S/C18H19NO4/c1-14-6-5-9-16(10-14)19-17(20)12-22-13-18(21)23-11-15-7-3-2-4-8-15/h2-10H,11-13H2,1H3,(H,19,20). The summed E-state index contributed by atoms with van der Waals surface area (Å²) in [6, 6.07) is 16.8. The average molecular weight is 313 g/mol. The molecule has 2 aromatic carbocycles. The van der Waals surface area contributed by atoms with Gasteiger partial charge in [-0.15, -0.1) is 0 Å². The zero-order valence-corrected chi connectivity index (χ0v) is 13.0. The predicted octanol–water partition coefficient (Wildman–Crippen LogP) is 2.69. The molecule has 120 valence electrons. The molecular weight excluding hydrogens is 294 g/mol. The molecular formula is C18H19NO4. The van der Waals surface area contributed by atoms with Crippen molar-refractivity contribution in [3.8, 4) is 0 Å². The normalized spacial score (nSPS) is 10.1. The van der Waals surface area contributed by atoms with Crippen molar-refractivity contribution >= 4 is 17.6 Å². The van der Waals surface area contributed by atoms with Crippen LogP contribution in [0.5, 0.6) is 0 Å². The molecule has 1 amide bonds. The summed E-state index contributed by atoms with van der Waals surface area (Å²) in [5, 5.41) is 2.70. The third kappa shape index (κ3) is 6.32. The molecule has 0 aliphatic heterocycles. The Morgan fingerprint density at radius 2 is 1.78 bits per heavy atom. The third-order valence-corrected chi connectivity index (χ3v) is 3.00. The Kier molecular flexibility index (Phi) is 6.32. The molecule has 0 saturated heterocycles. The maximum atomic E-state index is 11.7. The second kappa shape index (κ2) is 8.70. The molecule has 2 aromatic rings. The highest BCUT2D eigenvalue weighted by atomic mass is 16.6. The van der Waals surface area contributed by atoms with Gasteiger partial charge < -0.3 is 14.8 Å². The van der Waals surface area contributed by atoms with Gasteiger partial charge in [-0.1, -0.05) is 42.5 Å². The molecule has 5 nitrogen and oxygen atoms in total. The Balaban J connectivity index is 1.64. The summed E-state index contributed by atoms with van der Waals surface area (Å²) in [6.45, 7) is 1.68. The molecule has 0 unspecified atom stereocenters. The summed E-state index contributed by atoms with van der Waals surface area (Å²) in [4.78, 5) is 23.2. The molecule has 0 aromatic heterocycles. The first-order chi connectivity index (χ1) is 11.1. The van der Waals surface area contributed by atoms with Crippen LogP contribution in [0.1, 0.15) is 11.1 Å². The number of nitrogens with one attached hydrogen (secondary N) is 1. The van der Waals surface area contributed by atoms with E-state index in [1.807, 2.05) is 55.5 Å². The lowest BCUT2D eigenvalue weighted by atomic mass is 10.2. The van der Waals surface area contributed by atoms with Crippen LogP contribution in [-0.2, 0) is 25.7 Å². The molecule has 0 aliphatic rings. The number of carbonyl (C=O) groups is 2. The Hall–Kier alpha value is -2.66. The summed E-state index contributed by atoms with van der Waals surface area (Å²) in [5.74, 6) is -0.816. The fourth-order valence-corrected chi connectivity index (χ4v) is 1.93. The number of hydrogen-bond acceptors (Lipinski definition) is 4. The first kappa shape index (κ1) is 16.7. The lowest BCUT2D eigenvalue weighted by molar-refractivity contribution is -0.150. The number of benzene rings is 2. The van der Waals surface area contributed by atoms with Gasteiger partial charge in [-0.3, -0.25) is 4.79 Å². The molecule has 0 saturated carbocycles. The van der Waals surface area contributed by atoms with Gasteiger partial charge in [0.1, 0.15) is 19.8 Å². The van der Waals surface area contributed by atoms with Crippen LogP contribution in [0, 0.1) is 6.92 Å². The lowest BCUT2D eigenvalue weighted by Gasteiger charge is -2.07. The molecule has 2 rings (SSSR count). The van der Waals surface area contributed by atoms with E-state index in [0.29, 0.717) is 5.69 Å². The highest BCUT2D eigenvalue weighted by Gasteiger charge is 2.07. The van der Waals surface area contributed by atoms with Crippen molar-refractivity contribution in [2.24, 2.45) is 0 Å². The summed E-state index contributed by atoms with van der Waals surface area (Å²) in [7, 11) is 0. The van der Waals surface area contributed by atoms with E-state index in [1.54, 1.807) is 6.07 Å². The van der Waals surface area contributed by atoms with E-state index >= 15 is 0 Å². The van der Waals surface area contributed by atoms with Crippen molar-refractivity contribution in [3.63, 3.8) is 0 Å². The number of aryl methyl sites for hydroxylation is 1. The third-order valence-electron chi connectivity index (χ3n) is 3.00. The van der Waals surface area contributed by atoms with Crippen molar-refractivity contribution in [1.82, 2.24) is 0 Å². The summed E-state index contributed by atoms with van der Waals surface area (Å²) < 4.78 is 10.1. The number of carbonyl (C=O) groups excluding carboxylic acids is 2. The summed E-state index contributed by atoms with van der Waals surface area (Å²) in [5.41, 5.74) is 2.65. The minimum absolute atomic E-state index is 0.193. The molecule has 0 atom stereocenters. The molecule has 0 fully saturated rings. The highest BCUT2D eigenvalue weighted by Crippen LogP contribution is 2.09. The Labute approximate surface area is 135 Å². The Bertz CT molecular complexity index is 655. The van der Waals surface area contributed by atoms with E-state index in [9.17, 15) is 9.59 Å². The Morgan fingerprint density at radius 1 is 1.00 bits per heavy atom. The summed E-state index contributed by atoms with van der Waals surface area (Å²) in [6.07, 6.45) is 0. The minimum atomic E-state index is -0.503. The molecule has 0 aliphatic carbocycles. The van der Waals surface area contributed by atoms with Gasteiger partial charge in [-0.05, 0) is 30.2 Å². The number of amides is 1. The van der Waals surface area contributed by atoms with Gasteiger partial charge in [0.2, 0.25) is 5.91 Å².